The molecule has 0 heterocycles. The lowest BCUT2D eigenvalue weighted by Crippen LogP contribution is -2.33. The molecule has 0 aliphatic heterocycles. The van der Waals surface area contributed by atoms with E-state index < -0.39 is 0 Å². The molecule has 246 valence electrons. The maximum Gasteiger partial charge on any atom is 0.222 e. The number of amides is 2. The highest BCUT2D eigenvalue weighted by molar-refractivity contribution is 5.78. The van der Waals surface area contributed by atoms with Crippen molar-refractivity contribution in [3.8, 4) is 0 Å². The van der Waals surface area contributed by atoms with Crippen LogP contribution in [-0.4, -0.2) is 36.0 Å². The Kier molecular flexibility index (Phi) is 37.5. The van der Waals surface area contributed by atoms with E-state index in [-0.39, 0.29) is 35.7 Å². The average Bonchev–Trinajstić information content (AvgIpc) is 2.71. The van der Waals surface area contributed by atoms with Gasteiger partial charge in [-0.25, -0.2) is 0 Å². The molecule has 0 spiro atoms. The molecule has 0 aliphatic carbocycles. The van der Waals surface area contributed by atoms with E-state index in [1.807, 2.05) is 55.4 Å². The number of carbonyl (C=O) groups is 2. The summed E-state index contributed by atoms with van der Waals surface area (Å²) in [6, 6.07) is 1.78. The first-order valence-corrected chi connectivity index (χ1v) is 16.3. The van der Waals surface area contributed by atoms with Crippen molar-refractivity contribution >= 4 is 11.8 Å². The number of nitrogens with one attached hydrogen (secondary N) is 3. The summed E-state index contributed by atoms with van der Waals surface area (Å²) in [5.41, 5.74) is 0. The summed E-state index contributed by atoms with van der Waals surface area (Å²) in [6.07, 6.45) is 4.13. The smallest absolute Gasteiger partial charge is 0.222 e. The highest BCUT2D eigenvalue weighted by Crippen LogP contribution is 2.10. The van der Waals surface area contributed by atoms with E-state index in [2.05, 4.69) is 99.0 Å². The van der Waals surface area contributed by atoms with Gasteiger partial charge in [-0.05, 0) is 57.8 Å². The molecule has 5 nitrogen and oxygen atoms in total. The number of hydrogen-bond donors (Lipinski definition) is 3. The van der Waals surface area contributed by atoms with E-state index in [0.29, 0.717) is 12.1 Å². The highest BCUT2D eigenvalue weighted by Gasteiger charge is 2.07. The van der Waals surface area contributed by atoms with Crippen LogP contribution in [0.4, 0.5) is 0 Å². The Morgan fingerprint density at radius 1 is 0.400 bits per heavy atom. The molecule has 0 saturated carbocycles. The molecular formula is C35H79N3O2. The van der Waals surface area contributed by atoms with Crippen LogP contribution in [-0.2, 0) is 9.59 Å². The Hall–Kier alpha value is -1.10. The van der Waals surface area contributed by atoms with Gasteiger partial charge < -0.3 is 16.0 Å². The molecule has 0 radical (unpaired) electrons. The molecule has 3 N–H and O–H groups in total. The van der Waals surface area contributed by atoms with E-state index >= 15 is 0 Å². The van der Waals surface area contributed by atoms with Crippen molar-refractivity contribution in [1.29, 1.82) is 0 Å². The van der Waals surface area contributed by atoms with Crippen molar-refractivity contribution in [3.63, 3.8) is 0 Å². The fourth-order valence-corrected chi connectivity index (χ4v) is 3.18. The first-order chi connectivity index (χ1) is 18.0. The van der Waals surface area contributed by atoms with Crippen LogP contribution in [0, 0.1) is 35.5 Å². The third-order valence-electron chi connectivity index (χ3n) is 4.84. The summed E-state index contributed by atoms with van der Waals surface area (Å²) < 4.78 is 0. The summed E-state index contributed by atoms with van der Waals surface area (Å²) in [5.74, 6) is 3.99. The summed E-state index contributed by atoms with van der Waals surface area (Å²) >= 11 is 0. The second-order valence-electron chi connectivity index (χ2n) is 14.5. The maximum atomic E-state index is 10.8. The molecule has 0 rings (SSSR count). The van der Waals surface area contributed by atoms with Crippen LogP contribution in [0.15, 0.2) is 0 Å². The Labute approximate surface area is 254 Å². The molecule has 0 saturated heterocycles. The van der Waals surface area contributed by atoms with Gasteiger partial charge in [-0.15, -0.1) is 0 Å². The van der Waals surface area contributed by atoms with Gasteiger partial charge in [0.1, 0.15) is 0 Å². The van der Waals surface area contributed by atoms with Crippen molar-refractivity contribution in [2.75, 3.05) is 0 Å². The lowest BCUT2D eigenvalue weighted by atomic mass is 10.0. The normalized spacial score (nSPS) is 10.8. The zero-order chi connectivity index (χ0) is 33.2. The molecule has 40 heavy (non-hydrogen) atoms. The number of carbonyl (C=O) groups excluding carboxylic acids is 2. The highest BCUT2D eigenvalue weighted by atomic mass is 16.2. The average molecular weight is 574 g/mol. The van der Waals surface area contributed by atoms with Gasteiger partial charge in [0.15, 0.2) is 0 Å². The zero-order valence-electron chi connectivity index (χ0n) is 31.2. The van der Waals surface area contributed by atoms with Crippen LogP contribution in [0.3, 0.4) is 0 Å². The Morgan fingerprint density at radius 2 is 0.650 bits per heavy atom. The largest absolute Gasteiger partial charge is 0.354 e. The minimum Gasteiger partial charge on any atom is -0.354 e. The van der Waals surface area contributed by atoms with E-state index in [1.54, 1.807) is 0 Å². The summed E-state index contributed by atoms with van der Waals surface area (Å²) in [7, 11) is 0. The maximum absolute atomic E-state index is 10.8. The Balaban J connectivity index is -0.000000128. The molecule has 0 fully saturated rings. The molecule has 0 aromatic rings. The third kappa shape index (κ3) is 61.1. The van der Waals surface area contributed by atoms with Gasteiger partial charge in [0.25, 0.3) is 0 Å². The van der Waals surface area contributed by atoms with Crippen molar-refractivity contribution in [2.24, 2.45) is 35.5 Å². The molecule has 0 atom stereocenters. The van der Waals surface area contributed by atoms with Crippen molar-refractivity contribution < 1.29 is 9.59 Å². The molecule has 0 aliphatic rings. The predicted molar refractivity (Wildman–Crippen MR) is 183 cm³/mol. The summed E-state index contributed by atoms with van der Waals surface area (Å²) in [6.45, 7) is 42.2. The minimum absolute atomic E-state index is 0.104. The SMILES string of the molecule is CC(C)CC(C)C.CC(C)CCC(C)C.CC(C)NC(=O)C(C)C.CC(C)NC(=O)C(C)C.CC(C)NC(C)C. The summed E-state index contributed by atoms with van der Waals surface area (Å²) in [4.78, 5) is 21.7. The molecular weight excluding hydrogens is 494 g/mol. The molecule has 5 heteroatoms. The first-order valence-electron chi connectivity index (χ1n) is 16.3. The van der Waals surface area contributed by atoms with Crippen LogP contribution in [0.5, 0.6) is 0 Å². The van der Waals surface area contributed by atoms with Crippen LogP contribution in [0.25, 0.3) is 0 Å². The van der Waals surface area contributed by atoms with Gasteiger partial charge in [-0.2, -0.15) is 0 Å². The van der Waals surface area contributed by atoms with E-state index in [0.717, 1.165) is 23.7 Å². The molecule has 2 amide bonds. The summed E-state index contributed by atoms with van der Waals surface area (Å²) in [5, 5.41) is 8.91. The monoisotopic (exact) mass is 574 g/mol. The quantitative estimate of drug-likeness (QED) is 0.230. The predicted octanol–water partition coefficient (Wildman–Crippen LogP) is 9.49. The van der Waals surface area contributed by atoms with E-state index in [1.165, 1.54) is 19.3 Å². The van der Waals surface area contributed by atoms with Crippen LogP contribution >= 0.6 is 0 Å². The fourth-order valence-electron chi connectivity index (χ4n) is 3.18. The zero-order valence-corrected chi connectivity index (χ0v) is 31.2. The van der Waals surface area contributed by atoms with Crippen molar-refractivity contribution in [3.05, 3.63) is 0 Å². The van der Waals surface area contributed by atoms with Crippen molar-refractivity contribution in [1.82, 2.24) is 16.0 Å². The van der Waals surface area contributed by atoms with Gasteiger partial charge >= 0.3 is 0 Å². The molecule has 0 aromatic heterocycles. The second kappa shape index (κ2) is 30.8. The fraction of sp³-hybridized carbons (Fsp3) is 0.943. The van der Waals surface area contributed by atoms with Gasteiger partial charge in [0, 0.05) is 36.0 Å². The Bertz CT molecular complexity index is 475. The van der Waals surface area contributed by atoms with Crippen molar-refractivity contribution in [2.45, 2.75) is 182 Å². The minimum atomic E-state index is 0.104. The van der Waals surface area contributed by atoms with Crippen LogP contribution in [0.2, 0.25) is 0 Å². The Morgan fingerprint density at radius 3 is 0.700 bits per heavy atom. The molecule has 0 unspecified atom stereocenters. The molecule has 0 aromatic carbocycles. The van der Waals surface area contributed by atoms with Crippen LogP contribution in [0.1, 0.15) is 158 Å². The lowest BCUT2D eigenvalue weighted by molar-refractivity contribution is -0.125. The van der Waals surface area contributed by atoms with Gasteiger partial charge in [-0.3, -0.25) is 9.59 Å². The van der Waals surface area contributed by atoms with E-state index in [4.69, 9.17) is 0 Å². The number of rotatable bonds is 11. The van der Waals surface area contributed by atoms with E-state index in [9.17, 15) is 9.59 Å². The van der Waals surface area contributed by atoms with Gasteiger partial charge in [0.2, 0.25) is 11.8 Å². The number of hydrogen-bond acceptors (Lipinski definition) is 3. The first kappa shape index (κ1) is 48.6. The van der Waals surface area contributed by atoms with Gasteiger partial charge in [-0.1, -0.05) is 124 Å². The van der Waals surface area contributed by atoms with Crippen LogP contribution < -0.4 is 16.0 Å². The second-order valence-corrected chi connectivity index (χ2v) is 14.5. The topological polar surface area (TPSA) is 70.2 Å². The standard InChI is InChI=1S/C8H18.2C7H15NO.C7H16.C6H15N/c1-7(2)5-6-8(3)4;2*1-5(2)7(9)8-6(3)4;1-6(2)5-7(3)4;1-5(2)7-6(3)4/h7-8H,5-6H2,1-4H3;2*5-6H,1-4H3,(H,8,9);6-7H,5H2,1-4H3;5-7H,1-4H3. The van der Waals surface area contributed by atoms with Gasteiger partial charge in [0.05, 0.1) is 0 Å². The lowest BCUT2D eigenvalue weighted by Gasteiger charge is -2.10. The third-order valence-corrected chi connectivity index (χ3v) is 4.84. The molecule has 0 bridgehead atoms.